The van der Waals surface area contributed by atoms with Gasteiger partial charge in [0.25, 0.3) is 0 Å². The lowest BCUT2D eigenvalue weighted by molar-refractivity contribution is -0.142. The fraction of sp³-hybridized carbons (Fsp3) is 0.438. The molecule has 0 radical (unpaired) electrons. The van der Waals surface area contributed by atoms with Crippen molar-refractivity contribution in [1.29, 1.82) is 0 Å². The van der Waals surface area contributed by atoms with E-state index < -0.39 is 18.1 Å². The number of rotatable bonds is 7. The molecule has 0 fully saturated rings. The van der Waals surface area contributed by atoms with Crippen molar-refractivity contribution in [2.75, 3.05) is 21.1 Å². The number of carboxylic acid groups (broad SMARTS) is 1. The van der Waals surface area contributed by atoms with Crippen LogP contribution < -0.4 is 0 Å². The van der Waals surface area contributed by atoms with Crippen LogP contribution in [0.3, 0.4) is 0 Å². The normalized spacial score (nSPS) is 11.4. The van der Waals surface area contributed by atoms with Crippen molar-refractivity contribution in [2.45, 2.75) is 25.5 Å². The van der Waals surface area contributed by atoms with E-state index in [0.717, 1.165) is 10.5 Å². The number of aliphatic carboxylic acids is 1. The molecule has 2 amide bonds. The summed E-state index contributed by atoms with van der Waals surface area (Å²) in [5.74, 6) is -1.36. The van der Waals surface area contributed by atoms with E-state index >= 15 is 0 Å². The molecule has 1 atom stereocenters. The van der Waals surface area contributed by atoms with Crippen molar-refractivity contribution in [3.8, 4) is 0 Å². The maximum absolute atomic E-state index is 12.0. The summed E-state index contributed by atoms with van der Waals surface area (Å²) in [6.45, 7) is 0.0625. The van der Waals surface area contributed by atoms with Crippen LogP contribution in [0.1, 0.15) is 18.4 Å². The van der Waals surface area contributed by atoms with Gasteiger partial charge < -0.3 is 14.7 Å². The van der Waals surface area contributed by atoms with Gasteiger partial charge in [0.15, 0.2) is 0 Å². The zero-order valence-corrected chi connectivity index (χ0v) is 13.6. The second-order valence-electron chi connectivity index (χ2n) is 5.33. The van der Waals surface area contributed by atoms with E-state index in [4.69, 9.17) is 4.74 Å². The predicted octanol–water partition coefficient (Wildman–Crippen LogP) is 1.58. The number of carboxylic acids is 1. The van der Waals surface area contributed by atoms with Crippen LogP contribution >= 0.6 is 0 Å². The summed E-state index contributed by atoms with van der Waals surface area (Å²) in [4.78, 5) is 37.3. The van der Waals surface area contributed by atoms with Crippen LogP contribution in [0.2, 0.25) is 0 Å². The lowest BCUT2D eigenvalue weighted by atomic mass is 10.1. The Morgan fingerprint density at radius 2 is 1.74 bits per heavy atom. The fourth-order valence-electron chi connectivity index (χ4n) is 1.91. The van der Waals surface area contributed by atoms with Crippen molar-refractivity contribution in [3.05, 3.63) is 35.9 Å². The van der Waals surface area contributed by atoms with E-state index in [1.54, 1.807) is 26.2 Å². The lowest BCUT2D eigenvalue weighted by Crippen LogP contribution is -2.43. The van der Waals surface area contributed by atoms with E-state index in [2.05, 4.69) is 0 Å². The fourth-order valence-corrected chi connectivity index (χ4v) is 1.91. The van der Waals surface area contributed by atoms with Crippen LogP contribution in [0.4, 0.5) is 4.79 Å². The molecule has 23 heavy (non-hydrogen) atoms. The van der Waals surface area contributed by atoms with Crippen LogP contribution in [-0.4, -0.2) is 60.1 Å². The number of benzene rings is 1. The second-order valence-corrected chi connectivity index (χ2v) is 5.33. The molecule has 0 unspecified atom stereocenters. The number of carbonyl (C=O) groups excluding carboxylic acids is 2. The number of amides is 2. The highest BCUT2D eigenvalue weighted by Gasteiger charge is 2.28. The molecular formula is C16H22N2O5. The van der Waals surface area contributed by atoms with Crippen LogP contribution in [0.25, 0.3) is 0 Å². The van der Waals surface area contributed by atoms with E-state index in [1.807, 2.05) is 18.2 Å². The van der Waals surface area contributed by atoms with Gasteiger partial charge in [0, 0.05) is 27.6 Å². The van der Waals surface area contributed by atoms with Crippen LogP contribution in [-0.2, 0) is 20.9 Å². The molecule has 7 nitrogen and oxygen atoms in total. The summed E-state index contributed by atoms with van der Waals surface area (Å²) >= 11 is 0. The van der Waals surface area contributed by atoms with Gasteiger partial charge in [0.2, 0.25) is 5.91 Å². The molecule has 0 aromatic heterocycles. The summed E-state index contributed by atoms with van der Waals surface area (Å²) in [5.41, 5.74) is 0.809. The van der Waals surface area contributed by atoms with Crippen molar-refractivity contribution in [2.24, 2.45) is 0 Å². The molecule has 0 saturated heterocycles. The minimum atomic E-state index is -1.17. The van der Waals surface area contributed by atoms with Crippen molar-refractivity contribution in [3.63, 3.8) is 0 Å². The SMILES string of the molecule is CN(C)C(=O)CC[C@@H](C(=O)O)N(C)C(=O)OCc1ccccc1. The number of nitrogens with zero attached hydrogens (tertiary/aromatic N) is 2. The third-order valence-corrected chi connectivity index (χ3v) is 3.38. The van der Waals surface area contributed by atoms with Gasteiger partial charge in [-0.05, 0) is 12.0 Å². The van der Waals surface area contributed by atoms with Gasteiger partial charge in [0.05, 0.1) is 0 Å². The van der Waals surface area contributed by atoms with E-state index in [-0.39, 0.29) is 25.4 Å². The van der Waals surface area contributed by atoms with Gasteiger partial charge in [-0.2, -0.15) is 0 Å². The Kier molecular flexibility index (Phi) is 7.05. The molecule has 0 saturated carbocycles. The standard InChI is InChI=1S/C16H22N2O5/c1-17(2)14(19)10-9-13(15(20)21)18(3)16(22)23-11-12-7-5-4-6-8-12/h4-8,13H,9-11H2,1-3H3,(H,20,21)/t13-/m0/s1. The Labute approximate surface area is 135 Å². The first kappa shape index (κ1) is 18.5. The average molecular weight is 322 g/mol. The summed E-state index contributed by atoms with van der Waals surface area (Å²) in [5, 5.41) is 9.25. The first-order valence-corrected chi connectivity index (χ1v) is 7.19. The first-order valence-electron chi connectivity index (χ1n) is 7.19. The van der Waals surface area contributed by atoms with Crippen LogP contribution in [0.15, 0.2) is 30.3 Å². The van der Waals surface area contributed by atoms with Crippen molar-refractivity contribution < 1.29 is 24.2 Å². The zero-order chi connectivity index (χ0) is 17.4. The van der Waals surface area contributed by atoms with Crippen LogP contribution in [0, 0.1) is 0 Å². The molecule has 0 heterocycles. The molecule has 0 bridgehead atoms. The van der Waals surface area contributed by atoms with Crippen molar-refractivity contribution >= 4 is 18.0 Å². The van der Waals surface area contributed by atoms with E-state index in [9.17, 15) is 19.5 Å². The summed E-state index contributed by atoms with van der Waals surface area (Å²) in [6.07, 6.45) is -0.664. The molecule has 1 rings (SSSR count). The van der Waals surface area contributed by atoms with Crippen LogP contribution in [0.5, 0.6) is 0 Å². The number of likely N-dealkylation sites (N-methyl/N-ethyl adjacent to an activating group) is 1. The van der Waals surface area contributed by atoms with Gasteiger partial charge in [0.1, 0.15) is 12.6 Å². The number of hydrogen-bond donors (Lipinski definition) is 1. The largest absolute Gasteiger partial charge is 0.480 e. The quantitative estimate of drug-likeness (QED) is 0.823. The third kappa shape index (κ3) is 5.98. The maximum Gasteiger partial charge on any atom is 0.410 e. The summed E-state index contributed by atoms with van der Waals surface area (Å²) < 4.78 is 5.10. The third-order valence-electron chi connectivity index (χ3n) is 3.38. The van der Waals surface area contributed by atoms with E-state index in [1.165, 1.54) is 11.9 Å². The van der Waals surface area contributed by atoms with Crippen molar-refractivity contribution in [1.82, 2.24) is 9.80 Å². The Bertz CT molecular complexity index is 545. The molecular weight excluding hydrogens is 300 g/mol. The Morgan fingerprint density at radius 1 is 1.13 bits per heavy atom. The van der Waals surface area contributed by atoms with Gasteiger partial charge in [-0.15, -0.1) is 0 Å². The second kappa shape index (κ2) is 8.77. The molecule has 7 heteroatoms. The van der Waals surface area contributed by atoms with E-state index in [0.29, 0.717) is 0 Å². The van der Waals surface area contributed by atoms with Gasteiger partial charge in [-0.25, -0.2) is 9.59 Å². The highest BCUT2D eigenvalue weighted by molar-refractivity contribution is 5.81. The number of ether oxygens (including phenoxy) is 1. The van der Waals surface area contributed by atoms with Gasteiger partial charge in [-0.3, -0.25) is 9.69 Å². The molecule has 0 aliphatic carbocycles. The Morgan fingerprint density at radius 3 is 2.26 bits per heavy atom. The minimum absolute atomic E-state index is 0.0310. The Balaban J connectivity index is 2.58. The molecule has 1 N–H and O–H groups in total. The Hall–Kier alpha value is -2.57. The topological polar surface area (TPSA) is 87.2 Å². The molecule has 0 aliphatic rings. The minimum Gasteiger partial charge on any atom is -0.480 e. The number of carbonyl (C=O) groups is 3. The number of hydrogen-bond acceptors (Lipinski definition) is 4. The van der Waals surface area contributed by atoms with Gasteiger partial charge >= 0.3 is 12.1 Å². The first-order chi connectivity index (χ1) is 10.8. The molecule has 1 aromatic carbocycles. The smallest absolute Gasteiger partial charge is 0.410 e. The predicted molar refractivity (Wildman–Crippen MR) is 83.7 cm³/mol. The molecule has 0 spiro atoms. The summed E-state index contributed by atoms with van der Waals surface area (Å²) in [6, 6.07) is 7.98. The average Bonchev–Trinajstić information content (AvgIpc) is 2.52. The molecule has 1 aromatic rings. The monoisotopic (exact) mass is 322 g/mol. The lowest BCUT2D eigenvalue weighted by Gasteiger charge is -2.24. The maximum atomic E-state index is 12.0. The zero-order valence-electron chi connectivity index (χ0n) is 13.6. The highest BCUT2D eigenvalue weighted by Crippen LogP contribution is 2.10. The molecule has 126 valence electrons. The summed E-state index contributed by atoms with van der Waals surface area (Å²) in [7, 11) is 4.54. The highest BCUT2D eigenvalue weighted by atomic mass is 16.6. The molecule has 0 aliphatic heterocycles. The van der Waals surface area contributed by atoms with Gasteiger partial charge in [-0.1, -0.05) is 30.3 Å².